The van der Waals surface area contributed by atoms with Crippen molar-refractivity contribution in [3.8, 4) is 0 Å². The van der Waals surface area contributed by atoms with E-state index in [1.807, 2.05) is 21.1 Å². The number of nitrogens with zero attached hydrogens (tertiary/aromatic N) is 1. The lowest BCUT2D eigenvalue weighted by Gasteiger charge is -2.25. The number of hydrogen-bond donors (Lipinski definition) is 1. The van der Waals surface area contributed by atoms with E-state index < -0.39 is 0 Å². The van der Waals surface area contributed by atoms with Gasteiger partial charge in [-0.15, -0.1) is 24.0 Å². The first-order valence-corrected chi connectivity index (χ1v) is 3.53. The summed E-state index contributed by atoms with van der Waals surface area (Å²) in [5.74, 6) is 0.329. The zero-order chi connectivity index (χ0) is 7.49. The minimum Gasteiger partial charge on any atom is -0.386 e. The van der Waals surface area contributed by atoms with Gasteiger partial charge in [0, 0.05) is 0 Å². The molecule has 1 atom stereocenters. The second-order valence-electron chi connectivity index (χ2n) is 3.28. The predicted octanol–water partition coefficient (Wildman–Crippen LogP) is 0.714. The van der Waals surface area contributed by atoms with Gasteiger partial charge in [0.15, 0.2) is 0 Å². The molecule has 4 heteroatoms. The van der Waals surface area contributed by atoms with Gasteiger partial charge < -0.3 is 9.59 Å². The molecule has 1 unspecified atom stereocenters. The van der Waals surface area contributed by atoms with Gasteiger partial charge in [-0.1, -0.05) is 0 Å². The summed E-state index contributed by atoms with van der Waals surface area (Å²) in [7, 11) is 6.07. The van der Waals surface area contributed by atoms with Crippen LogP contribution in [0.4, 0.5) is 0 Å². The van der Waals surface area contributed by atoms with Crippen LogP contribution in [-0.2, 0) is 0 Å². The number of hydrogen-bond acceptors (Lipinski definition) is 1. The Morgan fingerprint density at radius 3 is 1.90 bits per heavy atom. The smallest absolute Gasteiger partial charge is 0.116 e. The molecular weight excluding hydrogens is 173 g/mol. The van der Waals surface area contributed by atoms with Crippen molar-refractivity contribution in [2.75, 3.05) is 33.6 Å². The van der Waals surface area contributed by atoms with Gasteiger partial charge in [-0.25, -0.2) is 0 Å². The highest BCUT2D eigenvalue weighted by Gasteiger charge is 2.13. The van der Waals surface area contributed by atoms with Crippen LogP contribution in [0.5, 0.6) is 0 Å². The maximum Gasteiger partial charge on any atom is 0.116 e. The van der Waals surface area contributed by atoms with Crippen LogP contribution in [0.15, 0.2) is 0 Å². The zero-order valence-corrected chi connectivity index (χ0v) is 8.24. The zero-order valence-electron chi connectivity index (χ0n) is 6.67. The van der Waals surface area contributed by atoms with E-state index in [1.165, 1.54) is 0 Å². The summed E-state index contributed by atoms with van der Waals surface area (Å²) in [4.78, 5) is 0. The van der Waals surface area contributed by atoms with E-state index >= 15 is 0 Å². The van der Waals surface area contributed by atoms with Gasteiger partial charge >= 0.3 is 0 Å². The van der Waals surface area contributed by atoms with E-state index in [-0.39, 0.29) is 18.5 Å². The summed E-state index contributed by atoms with van der Waals surface area (Å²) >= 11 is 5.40. The number of likely N-dealkylation sites (N-methyl/N-ethyl adjacent to an activating group) is 1. The van der Waals surface area contributed by atoms with Crippen LogP contribution in [0.25, 0.3) is 0 Å². The van der Waals surface area contributed by atoms with Crippen molar-refractivity contribution in [3.63, 3.8) is 0 Å². The number of rotatable bonds is 3. The number of quaternary nitrogens is 1. The average Bonchev–Trinajstić information content (AvgIpc) is 1.62. The van der Waals surface area contributed by atoms with Gasteiger partial charge in [-0.3, -0.25) is 0 Å². The SMILES string of the molecule is C[N+](C)(C)CC(O)CCl.Cl. The van der Waals surface area contributed by atoms with Crippen LogP contribution in [0.1, 0.15) is 0 Å². The summed E-state index contributed by atoms with van der Waals surface area (Å²) in [6.45, 7) is 0.712. The summed E-state index contributed by atoms with van der Waals surface area (Å²) in [6, 6.07) is 0. The molecule has 0 heterocycles. The third kappa shape index (κ3) is 8.50. The van der Waals surface area contributed by atoms with Crippen LogP contribution in [-0.4, -0.2) is 49.3 Å². The van der Waals surface area contributed by atoms with Crippen LogP contribution in [0.2, 0.25) is 0 Å². The molecule has 0 spiro atoms. The summed E-state index contributed by atoms with van der Waals surface area (Å²) in [6.07, 6.45) is -0.369. The molecule has 0 radical (unpaired) electrons. The standard InChI is InChI=1S/C6H15ClNO.ClH/c1-8(2,3)5-6(9)4-7;/h6,9H,4-5H2,1-3H3;1H/q+1;. The van der Waals surface area contributed by atoms with Crippen LogP contribution in [0.3, 0.4) is 0 Å². The predicted molar refractivity (Wildman–Crippen MR) is 46.9 cm³/mol. The first-order chi connectivity index (χ1) is 3.95. The number of aliphatic hydroxyl groups is 1. The van der Waals surface area contributed by atoms with E-state index in [1.54, 1.807) is 0 Å². The van der Waals surface area contributed by atoms with Gasteiger partial charge in [0.25, 0.3) is 0 Å². The topological polar surface area (TPSA) is 20.2 Å². The molecule has 0 aromatic rings. The Bertz CT molecular complexity index is 82.3. The van der Waals surface area contributed by atoms with Crippen molar-refractivity contribution in [1.29, 1.82) is 0 Å². The van der Waals surface area contributed by atoms with Crippen molar-refractivity contribution in [2.24, 2.45) is 0 Å². The molecule has 10 heavy (non-hydrogen) atoms. The minimum atomic E-state index is -0.369. The van der Waals surface area contributed by atoms with Crippen molar-refractivity contribution in [3.05, 3.63) is 0 Å². The number of alkyl halides is 1. The van der Waals surface area contributed by atoms with Crippen molar-refractivity contribution in [2.45, 2.75) is 6.10 Å². The van der Waals surface area contributed by atoms with Gasteiger partial charge in [0.05, 0.1) is 27.0 Å². The monoisotopic (exact) mass is 188 g/mol. The quantitative estimate of drug-likeness (QED) is 0.512. The Kier molecular flexibility index (Phi) is 6.81. The maximum atomic E-state index is 9.05. The molecule has 0 aliphatic heterocycles. The summed E-state index contributed by atoms with van der Waals surface area (Å²) < 4.78 is 0.758. The molecule has 0 aliphatic carbocycles. The lowest BCUT2D eigenvalue weighted by Crippen LogP contribution is -2.41. The van der Waals surface area contributed by atoms with Crippen molar-refractivity contribution in [1.82, 2.24) is 0 Å². The van der Waals surface area contributed by atoms with Crippen LogP contribution < -0.4 is 0 Å². The highest BCUT2D eigenvalue weighted by molar-refractivity contribution is 6.18. The van der Waals surface area contributed by atoms with Gasteiger partial charge in [-0.05, 0) is 0 Å². The van der Waals surface area contributed by atoms with Crippen LogP contribution in [0, 0.1) is 0 Å². The molecule has 0 fully saturated rings. The van der Waals surface area contributed by atoms with E-state index in [9.17, 15) is 0 Å². The fourth-order valence-corrected chi connectivity index (χ4v) is 0.779. The second kappa shape index (κ2) is 5.19. The summed E-state index contributed by atoms with van der Waals surface area (Å²) in [5.41, 5.74) is 0. The lowest BCUT2D eigenvalue weighted by molar-refractivity contribution is -0.873. The molecule has 0 rings (SSSR count). The Morgan fingerprint density at radius 1 is 1.40 bits per heavy atom. The molecule has 0 saturated carbocycles. The molecule has 64 valence electrons. The van der Waals surface area contributed by atoms with Crippen molar-refractivity contribution >= 4 is 24.0 Å². The first kappa shape index (κ1) is 13.1. The highest BCUT2D eigenvalue weighted by atomic mass is 35.5. The first-order valence-electron chi connectivity index (χ1n) is 3.00. The Balaban J connectivity index is 0. The third-order valence-electron chi connectivity index (χ3n) is 0.937. The summed E-state index contributed by atoms with van der Waals surface area (Å²) in [5, 5.41) is 9.05. The van der Waals surface area contributed by atoms with E-state index in [0.29, 0.717) is 12.4 Å². The minimum absolute atomic E-state index is 0. The molecule has 0 saturated heterocycles. The molecule has 0 aromatic carbocycles. The lowest BCUT2D eigenvalue weighted by atomic mass is 10.3. The maximum absolute atomic E-state index is 9.05. The van der Waals surface area contributed by atoms with Gasteiger partial charge in [0.2, 0.25) is 0 Å². The van der Waals surface area contributed by atoms with Crippen LogP contribution >= 0.6 is 24.0 Å². The molecular formula is C6H16Cl2NO+. The van der Waals surface area contributed by atoms with E-state index in [0.717, 1.165) is 4.48 Å². The number of aliphatic hydroxyl groups excluding tert-OH is 1. The molecule has 0 aliphatic rings. The Morgan fingerprint density at radius 2 is 1.80 bits per heavy atom. The number of halogens is 2. The molecule has 0 aromatic heterocycles. The highest BCUT2D eigenvalue weighted by Crippen LogP contribution is 1.95. The average molecular weight is 189 g/mol. The van der Waals surface area contributed by atoms with Gasteiger partial charge in [0.1, 0.15) is 12.6 Å². The fourth-order valence-electron chi connectivity index (χ4n) is 0.681. The van der Waals surface area contributed by atoms with Crippen molar-refractivity contribution < 1.29 is 9.59 Å². The van der Waals surface area contributed by atoms with E-state index in [4.69, 9.17) is 16.7 Å². The van der Waals surface area contributed by atoms with E-state index in [2.05, 4.69) is 0 Å². The normalized spacial score (nSPS) is 14.1. The molecule has 0 bridgehead atoms. The second-order valence-corrected chi connectivity index (χ2v) is 3.59. The molecule has 1 N–H and O–H groups in total. The molecule has 2 nitrogen and oxygen atoms in total. The Labute approximate surface area is 73.8 Å². The molecule has 0 amide bonds. The van der Waals surface area contributed by atoms with Gasteiger partial charge in [-0.2, -0.15) is 0 Å². The Hall–Kier alpha value is 0.500. The fraction of sp³-hybridized carbons (Fsp3) is 1.00. The largest absolute Gasteiger partial charge is 0.386 e. The third-order valence-corrected chi connectivity index (χ3v) is 1.29.